The van der Waals surface area contributed by atoms with Crippen molar-refractivity contribution in [1.82, 2.24) is 25.1 Å². The maximum atomic E-state index is 5.84. The molecule has 0 bridgehead atoms. The molecule has 0 spiro atoms. The summed E-state index contributed by atoms with van der Waals surface area (Å²) in [6.45, 7) is 3.10. The quantitative estimate of drug-likeness (QED) is 0.909. The maximum absolute atomic E-state index is 5.84. The van der Waals surface area contributed by atoms with Crippen molar-refractivity contribution in [3.63, 3.8) is 0 Å². The number of nitrogens with two attached hydrogens (primary N) is 1. The predicted octanol–water partition coefficient (Wildman–Crippen LogP) is 2.46. The molecule has 2 fully saturated rings. The molecule has 0 radical (unpaired) electrons. The maximum Gasteiger partial charge on any atom is 0.222 e. The van der Waals surface area contributed by atoms with Gasteiger partial charge in [-0.2, -0.15) is 10.1 Å². The number of aromatic nitrogens is 4. The Morgan fingerprint density at radius 3 is 2.70 bits per heavy atom. The topological polar surface area (TPSA) is 81.6 Å². The summed E-state index contributed by atoms with van der Waals surface area (Å²) in [5, 5.41) is 9.51. The highest BCUT2D eigenvalue weighted by Gasteiger charge is 2.24. The number of rotatable bonds is 3. The van der Waals surface area contributed by atoms with Gasteiger partial charge in [0, 0.05) is 18.7 Å². The molecule has 1 saturated carbocycles. The average molecular weight is 314 g/mol. The van der Waals surface area contributed by atoms with Crippen LogP contribution in [-0.4, -0.2) is 32.8 Å². The highest BCUT2D eigenvalue weighted by molar-refractivity contribution is 5.79. The molecule has 0 amide bonds. The van der Waals surface area contributed by atoms with E-state index in [2.05, 4.69) is 20.0 Å². The minimum Gasteiger partial charge on any atom is -0.368 e. The van der Waals surface area contributed by atoms with Crippen LogP contribution in [0.4, 0.5) is 5.95 Å². The molecule has 1 saturated heterocycles. The molecule has 4 rings (SSSR count). The molecule has 2 aliphatic rings. The van der Waals surface area contributed by atoms with Crippen LogP contribution < -0.4 is 11.1 Å². The first-order valence-corrected chi connectivity index (χ1v) is 9.01. The van der Waals surface area contributed by atoms with Gasteiger partial charge < -0.3 is 11.1 Å². The largest absolute Gasteiger partial charge is 0.368 e. The second kappa shape index (κ2) is 6.43. The molecule has 23 heavy (non-hydrogen) atoms. The molecule has 3 heterocycles. The first-order chi connectivity index (χ1) is 11.3. The van der Waals surface area contributed by atoms with E-state index in [4.69, 9.17) is 10.8 Å². The van der Waals surface area contributed by atoms with Gasteiger partial charge in [-0.1, -0.05) is 19.3 Å². The number of hydrogen-bond donors (Lipinski definition) is 2. The molecular formula is C17H26N6. The molecule has 1 aliphatic carbocycles. The average Bonchev–Trinajstić information content (AvgIpc) is 2.94. The van der Waals surface area contributed by atoms with Crippen molar-refractivity contribution >= 4 is 17.0 Å². The number of fused-ring (bicyclic) bond motifs is 1. The lowest BCUT2D eigenvalue weighted by atomic mass is 9.89. The van der Waals surface area contributed by atoms with Crippen molar-refractivity contribution < 1.29 is 0 Å². The smallest absolute Gasteiger partial charge is 0.222 e. The molecule has 2 aromatic rings. The van der Waals surface area contributed by atoms with Crippen molar-refractivity contribution in [3.05, 3.63) is 11.9 Å². The van der Waals surface area contributed by atoms with Gasteiger partial charge in [0.25, 0.3) is 0 Å². The van der Waals surface area contributed by atoms with Crippen LogP contribution >= 0.6 is 0 Å². The summed E-state index contributed by atoms with van der Waals surface area (Å²) in [7, 11) is 0. The molecule has 0 aromatic carbocycles. The van der Waals surface area contributed by atoms with Gasteiger partial charge in [0.1, 0.15) is 0 Å². The van der Waals surface area contributed by atoms with Crippen LogP contribution in [0.25, 0.3) is 11.0 Å². The fraction of sp³-hybridized carbons (Fsp3) is 0.706. The van der Waals surface area contributed by atoms with Crippen molar-refractivity contribution in [2.24, 2.45) is 5.92 Å². The Morgan fingerprint density at radius 1 is 1.13 bits per heavy atom. The molecule has 0 unspecified atom stereocenters. The van der Waals surface area contributed by atoms with Crippen LogP contribution in [0.15, 0.2) is 6.20 Å². The van der Waals surface area contributed by atoms with Crippen LogP contribution in [0.2, 0.25) is 0 Å². The lowest BCUT2D eigenvalue weighted by molar-refractivity contribution is 0.309. The third kappa shape index (κ3) is 3.04. The van der Waals surface area contributed by atoms with E-state index in [1.54, 1.807) is 0 Å². The Morgan fingerprint density at radius 2 is 1.91 bits per heavy atom. The fourth-order valence-electron chi connectivity index (χ4n) is 4.13. The number of nitrogens with one attached hydrogen (secondary N) is 1. The molecule has 6 nitrogen and oxygen atoms in total. The van der Waals surface area contributed by atoms with Crippen molar-refractivity contribution in [3.8, 4) is 0 Å². The summed E-state index contributed by atoms with van der Waals surface area (Å²) in [4.78, 5) is 8.73. The third-order valence-corrected chi connectivity index (χ3v) is 5.42. The number of anilines is 1. The summed E-state index contributed by atoms with van der Waals surface area (Å²) in [5.74, 6) is 1.58. The summed E-state index contributed by atoms with van der Waals surface area (Å²) in [6, 6.07) is 0. The zero-order valence-electron chi connectivity index (χ0n) is 13.7. The summed E-state index contributed by atoms with van der Waals surface area (Å²) >= 11 is 0. The molecule has 0 atom stereocenters. The Balaban J connectivity index is 1.69. The monoisotopic (exact) mass is 314 g/mol. The SMILES string of the molecule is Nc1ncc2c(C3CCNCC3)nn(CC3CCCCC3)c2n1. The van der Waals surface area contributed by atoms with Crippen LogP contribution in [0, 0.1) is 5.92 Å². The van der Waals surface area contributed by atoms with E-state index in [0.29, 0.717) is 11.9 Å². The minimum absolute atomic E-state index is 0.346. The van der Waals surface area contributed by atoms with Crippen LogP contribution in [0.3, 0.4) is 0 Å². The summed E-state index contributed by atoms with van der Waals surface area (Å²) < 4.78 is 2.11. The van der Waals surface area contributed by atoms with E-state index in [1.165, 1.54) is 37.8 Å². The van der Waals surface area contributed by atoms with E-state index < -0.39 is 0 Å². The lowest BCUT2D eigenvalue weighted by Gasteiger charge is -2.22. The third-order valence-electron chi connectivity index (χ3n) is 5.42. The highest BCUT2D eigenvalue weighted by Crippen LogP contribution is 2.32. The van der Waals surface area contributed by atoms with E-state index in [9.17, 15) is 0 Å². The number of nitrogens with zero attached hydrogens (tertiary/aromatic N) is 4. The van der Waals surface area contributed by atoms with Gasteiger partial charge in [-0.15, -0.1) is 0 Å². The van der Waals surface area contributed by atoms with Gasteiger partial charge in [0.2, 0.25) is 5.95 Å². The Labute approximate surface area is 136 Å². The molecule has 6 heteroatoms. The van der Waals surface area contributed by atoms with Crippen LogP contribution in [0.5, 0.6) is 0 Å². The molecule has 1 aliphatic heterocycles. The van der Waals surface area contributed by atoms with E-state index in [1.807, 2.05) is 6.20 Å². The lowest BCUT2D eigenvalue weighted by Crippen LogP contribution is -2.27. The van der Waals surface area contributed by atoms with Crippen molar-refractivity contribution in [2.75, 3.05) is 18.8 Å². The van der Waals surface area contributed by atoms with Gasteiger partial charge in [0.15, 0.2) is 5.65 Å². The van der Waals surface area contributed by atoms with Crippen LogP contribution in [-0.2, 0) is 6.54 Å². The van der Waals surface area contributed by atoms with Gasteiger partial charge >= 0.3 is 0 Å². The van der Waals surface area contributed by atoms with Gasteiger partial charge in [-0.25, -0.2) is 9.67 Å². The minimum atomic E-state index is 0.346. The van der Waals surface area contributed by atoms with Crippen LogP contribution in [0.1, 0.15) is 56.6 Å². The second-order valence-corrected chi connectivity index (χ2v) is 7.06. The Hall–Kier alpha value is -1.69. The van der Waals surface area contributed by atoms with Crippen molar-refractivity contribution in [1.29, 1.82) is 0 Å². The van der Waals surface area contributed by atoms with Crippen molar-refractivity contribution in [2.45, 2.75) is 57.4 Å². The normalized spacial score (nSPS) is 21.0. The second-order valence-electron chi connectivity index (χ2n) is 7.06. The predicted molar refractivity (Wildman–Crippen MR) is 91.2 cm³/mol. The van der Waals surface area contributed by atoms with Gasteiger partial charge in [-0.3, -0.25) is 0 Å². The van der Waals surface area contributed by atoms with E-state index in [0.717, 1.165) is 49.4 Å². The Bertz CT molecular complexity index is 667. The first-order valence-electron chi connectivity index (χ1n) is 9.01. The standard InChI is InChI=1S/C17H26N6/c18-17-20-10-14-15(13-6-8-19-9-7-13)22-23(16(14)21-17)11-12-4-2-1-3-5-12/h10,12-13,19H,1-9,11H2,(H2,18,20,21). The van der Waals surface area contributed by atoms with E-state index in [-0.39, 0.29) is 0 Å². The van der Waals surface area contributed by atoms with Gasteiger partial charge in [0.05, 0.1) is 11.1 Å². The molecular weight excluding hydrogens is 288 g/mol. The molecule has 2 aromatic heterocycles. The number of hydrogen-bond acceptors (Lipinski definition) is 5. The fourth-order valence-corrected chi connectivity index (χ4v) is 4.13. The number of piperidine rings is 1. The molecule has 3 N–H and O–H groups in total. The summed E-state index contributed by atoms with van der Waals surface area (Å²) in [6.07, 6.45) is 10.9. The first kappa shape index (κ1) is 14.9. The number of nitrogen functional groups attached to an aromatic ring is 1. The van der Waals surface area contributed by atoms with E-state index >= 15 is 0 Å². The van der Waals surface area contributed by atoms with Gasteiger partial charge in [-0.05, 0) is 44.7 Å². The zero-order valence-corrected chi connectivity index (χ0v) is 13.7. The molecule has 124 valence electrons. The Kier molecular flexibility index (Phi) is 4.16. The highest BCUT2D eigenvalue weighted by atomic mass is 15.3. The zero-order chi connectivity index (χ0) is 15.6. The summed E-state index contributed by atoms with van der Waals surface area (Å²) in [5.41, 5.74) is 7.95.